The van der Waals surface area contributed by atoms with E-state index in [0.29, 0.717) is 18.9 Å². The Morgan fingerprint density at radius 3 is 2.80 bits per heavy atom. The van der Waals surface area contributed by atoms with E-state index in [1.807, 2.05) is 0 Å². The Kier molecular flexibility index (Phi) is 8.07. The maximum atomic E-state index is 12.3. The Morgan fingerprint density at radius 2 is 2.04 bits per heavy atom. The predicted molar refractivity (Wildman–Crippen MR) is 106 cm³/mol. The smallest absolute Gasteiger partial charge is 0.230 e. The lowest BCUT2D eigenvalue weighted by Gasteiger charge is -2.37. The summed E-state index contributed by atoms with van der Waals surface area (Å²) in [5.41, 5.74) is 3.04. The highest BCUT2D eigenvalue weighted by atomic mass is 35.5. The zero-order valence-corrected chi connectivity index (χ0v) is 16.6. The van der Waals surface area contributed by atoms with E-state index in [0.717, 1.165) is 25.9 Å². The zero-order chi connectivity index (χ0) is 16.8. The summed E-state index contributed by atoms with van der Waals surface area (Å²) in [6, 6.07) is 6.64. The fraction of sp³-hybridized carbons (Fsp3) is 0.632. The van der Waals surface area contributed by atoms with Gasteiger partial charge in [0.25, 0.3) is 0 Å². The molecule has 0 unspecified atom stereocenters. The molecule has 1 amide bonds. The first-order valence-corrected chi connectivity index (χ1v) is 9.90. The molecule has 1 saturated heterocycles. The molecule has 1 fully saturated rings. The highest BCUT2D eigenvalue weighted by molar-refractivity contribution is 8.00. The topological polar surface area (TPSA) is 50.4 Å². The van der Waals surface area contributed by atoms with Crippen LogP contribution in [-0.2, 0) is 22.4 Å². The molecule has 2 N–H and O–H groups in total. The number of halogens is 1. The van der Waals surface area contributed by atoms with Crippen LogP contribution in [0.1, 0.15) is 30.4 Å². The molecular formula is C19H29ClN2O2S. The van der Waals surface area contributed by atoms with Gasteiger partial charge in [0.1, 0.15) is 0 Å². The lowest BCUT2D eigenvalue weighted by Crippen LogP contribution is -2.47. The Morgan fingerprint density at radius 1 is 1.28 bits per heavy atom. The molecule has 0 aromatic heterocycles. The second kappa shape index (κ2) is 9.81. The number of nitrogens with one attached hydrogen (secondary N) is 2. The summed E-state index contributed by atoms with van der Waals surface area (Å²) in [4.78, 5) is 13.5. The maximum Gasteiger partial charge on any atom is 0.230 e. The first-order valence-electron chi connectivity index (χ1n) is 8.92. The van der Waals surface area contributed by atoms with E-state index >= 15 is 0 Å². The van der Waals surface area contributed by atoms with Crippen molar-refractivity contribution >= 4 is 30.1 Å². The van der Waals surface area contributed by atoms with Crippen molar-refractivity contribution in [1.82, 2.24) is 10.6 Å². The summed E-state index contributed by atoms with van der Waals surface area (Å²) in [6.45, 7) is 3.44. The van der Waals surface area contributed by atoms with Crippen LogP contribution in [0.25, 0.3) is 0 Å². The first kappa shape index (κ1) is 20.6. The highest BCUT2D eigenvalue weighted by Gasteiger charge is 2.32. The summed E-state index contributed by atoms with van der Waals surface area (Å²) < 4.78 is 5.40. The number of hydrogen-bond acceptors (Lipinski definition) is 4. The number of methoxy groups -OCH3 is 1. The fourth-order valence-electron chi connectivity index (χ4n) is 3.76. The van der Waals surface area contributed by atoms with Gasteiger partial charge < -0.3 is 15.4 Å². The van der Waals surface area contributed by atoms with E-state index in [4.69, 9.17) is 4.74 Å². The third-order valence-corrected chi connectivity index (χ3v) is 6.21. The van der Waals surface area contributed by atoms with Crippen LogP contribution in [0.4, 0.5) is 0 Å². The van der Waals surface area contributed by atoms with E-state index in [1.54, 1.807) is 18.9 Å². The number of rotatable bonds is 7. The van der Waals surface area contributed by atoms with Crippen molar-refractivity contribution in [3.8, 4) is 0 Å². The third-order valence-electron chi connectivity index (χ3n) is 5.22. The molecule has 2 aliphatic rings. The number of ether oxygens (including phenoxy) is 1. The Balaban J connectivity index is 0.00000225. The molecule has 1 aliphatic heterocycles. The molecular weight excluding hydrogens is 356 g/mol. The van der Waals surface area contributed by atoms with Crippen molar-refractivity contribution in [2.24, 2.45) is 5.41 Å². The van der Waals surface area contributed by atoms with Gasteiger partial charge in [-0.05, 0) is 68.5 Å². The number of amides is 1. The molecule has 3 rings (SSSR count). The highest BCUT2D eigenvalue weighted by Crippen LogP contribution is 2.29. The Hall–Kier alpha value is -0.750. The first-order chi connectivity index (χ1) is 11.7. The maximum absolute atomic E-state index is 12.3. The molecule has 1 aromatic carbocycles. The molecule has 4 nitrogen and oxygen atoms in total. The third kappa shape index (κ3) is 5.61. The van der Waals surface area contributed by atoms with Gasteiger partial charge in [0.2, 0.25) is 5.91 Å². The van der Waals surface area contributed by atoms with Gasteiger partial charge in [0.15, 0.2) is 0 Å². The van der Waals surface area contributed by atoms with E-state index in [9.17, 15) is 4.79 Å². The molecule has 1 heterocycles. The zero-order valence-electron chi connectivity index (χ0n) is 14.9. The number of piperidine rings is 1. The molecule has 0 radical (unpaired) electrons. The molecule has 0 spiro atoms. The van der Waals surface area contributed by atoms with Crippen molar-refractivity contribution in [2.45, 2.75) is 37.0 Å². The van der Waals surface area contributed by atoms with Gasteiger partial charge in [-0.3, -0.25) is 4.79 Å². The van der Waals surface area contributed by atoms with Crippen LogP contribution in [0.3, 0.4) is 0 Å². The minimum Gasteiger partial charge on any atom is -0.384 e. The summed E-state index contributed by atoms with van der Waals surface area (Å²) >= 11 is 1.64. The van der Waals surface area contributed by atoms with Crippen molar-refractivity contribution < 1.29 is 9.53 Å². The lowest BCUT2D eigenvalue weighted by molar-refractivity contribution is -0.119. The number of aryl methyl sites for hydroxylation is 2. The standard InChI is InChI=1S/C19H28N2O2S.ClH/c1-23-14-19(7-9-20-10-8-19)13-21-18(22)12-24-17-6-5-15-3-2-4-16(15)11-17;/h5-6,11,20H,2-4,7-10,12-14H2,1H3,(H,21,22);1H. The molecule has 140 valence electrons. The van der Waals surface area contributed by atoms with Crippen LogP contribution in [0.2, 0.25) is 0 Å². The monoisotopic (exact) mass is 384 g/mol. The lowest BCUT2D eigenvalue weighted by atomic mass is 9.79. The van der Waals surface area contributed by atoms with Crippen molar-refractivity contribution in [3.63, 3.8) is 0 Å². The number of fused-ring (bicyclic) bond motifs is 1. The van der Waals surface area contributed by atoms with Crippen LogP contribution in [0.5, 0.6) is 0 Å². The SMILES string of the molecule is COCC1(CNC(=O)CSc2ccc3c(c2)CCC3)CCNCC1.Cl. The van der Waals surface area contributed by atoms with Gasteiger partial charge in [-0.1, -0.05) is 6.07 Å². The summed E-state index contributed by atoms with van der Waals surface area (Å²) in [7, 11) is 1.75. The van der Waals surface area contributed by atoms with Gasteiger partial charge >= 0.3 is 0 Å². The van der Waals surface area contributed by atoms with Gasteiger partial charge in [-0.25, -0.2) is 0 Å². The van der Waals surface area contributed by atoms with Gasteiger partial charge in [0.05, 0.1) is 12.4 Å². The van der Waals surface area contributed by atoms with Crippen LogP contribution < -0.4 is 10.6 Å². The van der Waals surface area contributed by atoms with Crippen LogP contribution in [0, 0.1) is 5.41 Å². The van der Waals surface area contributed by atoms with E-state index in [2.05, 4.69) is 28.8 Å². The number of carbonyl (C=O) groups excluding carboxylic acids is 1. The van der Waals surface area contributed by atoms with Crippen molar-refractivity contribution in [3.05, 3.63) is 29.3 Å². The molecule has 0 atom stereocenters. The molecule has 1 aliphatic carbocycles. The number of thioether (sulfide) groups is 1. The average molecular weight is 385 g/mol. The normalized spacial score (nSPS) is 18.3. The largest absolute Gasteiger partial charge is 0.384 e. The summed E-state index contributed by atoms with van der Waals surface area (Å²) in [5.74, 6) is 0.606. The number of benzene rings is 1. The van der Waals surface area contributed by atoms with Crippen LogP contribution in [0.15, 0.2) is 23.1 Å². The minimum absolute atomic E-state index is 0. The predicted octanol–water partition coefficient (Wildman–Crippen LogP) is 2.82. The van der Waals surface area contributed by atoms with Gasteiger partial charge in [-0.2, -0.15) is 0 Å². The van der Waals surface area contributed by atoms with Crippen molar-refractivity contribution in [1.29, 1.82) is 0 Å². The molecule has 6 heteroatoms. The molecule has 0 saturated carbocycles. The summed E-state index contributed by atoms with van der Waals surface area (Å²) in [5, 5.41) is 6.51. The van der Waals surface area contributed by atoms with Gasteiger partial charge in [0, 0.05) is 24.0 Å². The second-order valence-corrected chi connectivity index (χ2v) is 8.08. The van der Waals surface area contributed by atoms with Crippen molar-refractivity contribution in [2.75, 3.05) is 39.1 Å². The second-order valence-electron chi connectivity index (χ2n) is 7.03. The quantitative estimate of drug-likeness (QED) is 0.710. The van der Waals surface area contributed by atoms with E-state index in [1.165, 1.54) is 35.3 Å². The van der Waals surface area contributed by atoms with Crippen LogP contribution in [-0.4, -0.2) is 45.0 Å². The average Bonchev–Trinajstić information content (AvgIpc) is 3.07. The fourth-order valence-corrected chi connectivity index (χ4v) is 4.55. The molecule has 25 heavy (non-hydrogen) atoms. The number of carbonyl (C=O) groups is 1. The Bertz CT molecular complexity index is 571. The molecule has 1 aromatic rings. The van der Waals surface area contributed by atoms with Gasteiger partial charge in [-0.15, -0.1) is 24.2 Å². The Labute approximate surface area is 161 Å². The molecule has 0 bridgehead atoms. The van der Waals surface area contributed by atoms with E-state index < -0.39 is 0 Å². The van der Waals surface area contributed by atoms with E-state index in [-0.39, 0.29) is 23.7 Å². The van der Waals surface area contributed by atoms with Crippen LogP contribution >= 0.6 is 24.2 Å². The minimum atomic E-state index is 0. The summed E-state index contributed by atoms with van der Waals surface area (Å²) in [6.07, 6.45) is 5.76. The number of hydrogen-bond donors (Lipinski definition) is 2.